The number of hydrogen-bond acceptors (Lipinski definition) is 4. The Kier molecular flexibility index (Phi) is 6.39. The van der Waals surface area contributed by atoms with Gasteiger partial charge in [-0.15, -0.1) is 11.3 Å². The highest BCUT2D eigenvalue weighted by Crippen LogP contribution is 2.30. The van der Waals surface area contributed by atoms with Gasteiger partial charge in [0.05, 0.1) is 22.7 Å². The van der Waals surface area contributed by atoms with Crippen LogP contribution in [0.15, 0.2) is 66.0 Å². The molecule has 0 radical (unpaired) electrons. The average molecular weight is 465 g/mol. The Bertz CT molecular complexity index is 1280. The molecule has 2 N–H and O–H groups in total. The van der Waals surface area contributed by atoms with Crippen molar-refractivity contribution in [3.8, 4) is 16.3 Å². The van der Waals surface area contributed by atoms with Gasteiger partial charge in [0.15, 0.2) is 0 Å². The van der Waals surface area contributed by atoms with Crippen LogP contribution in [0.4, 0.5) is 0 Å². The van der Waals surface area contributed by atoms with Crippen LogP contribution in [-0.4, -0.2) is 21.4 Å². The highest BCUT2D eigenvalue weighted by Gasteiger charge is 2.17. The van der Waals surface area contributed by atoms with Gasteiger partial charge in [0.2, 0.25) is 5.91 Å². The maximum atomic E-state index is 12.7. The fraction of sp³-hybridized carbons (Fsp3) is 0.125. The smallest absolute Gasteiger partial charge is 0.271 e. The standard InChI is InChI=1S/C24H21ClN4O2S/c1-15-12-20(16(2)29(15)18-8-4-3-5-9-18)23(31)28-27-22(30)13-17-14-32-24(26-17)19-10-6-7-11-21(19)25/h3-12,14H,13H2,1-2H3,(H,27,30)(H,28,31). The van der Waals surface area contributed by atoms with E-state index in [-0.39, 0.29) is 18.2 Å². The number of para-hydroxylation sites is 1. The lowest BCUT2D eigenvalue weighted by molar-refractivity contribution is -0.121. The van der Waals surface area contributed by atoms with E-state index in [9.17, 15) is 9.59 Å². The first kappa shape index (κ1) is 21.8. The summed E-state index contributed by atoms with van der Waals surface area (Å²) in [5.74, 6) is -0.727. The Morgan fingerprint density at radius 1 is 1.03 bits per heavy atom. The maximum Gasteiger partial charge on any atom is 0.271 e. The summed E-state index contributed by atoms with van der Waals surface area (Å²) in [6.45, 7) is 3.82. The molecular weight excluding hydrogens is 444 g/mol. The number of amides is 2. The molecule has 0 aliphatic heterocycles. The fourth-order valence-electron chi connectivity index (χ4n) is 3.52. The van der Waals surface area contributed by atoms with Crippen molar-refractivity contribution in [2.45, 2.75) is 20.3 Å². The minimum atomic E-state index is -0.372. The molecular formula is C24H21ClN4O2S. The van der Waals surface area contributed by atoms with Crippen LogP contribution >= 0.6 is 22.9 Å². The summed E-state index contributed by atoms with van der Waals surface area (Å²) in [6.07, 6.45) is 0.0459. The number of aryl methyl sites for hydroxylation is 1. The van der Waals surface area contributed by atoms with Gasteiger partial charge in [-0.2, -0.15) is 0 Å². The van der Waals surface area contributed by atoms with E-state index in [0.29, 0.717) is 16.3 Å². The summed E-state index contributed by atoms with van der Waals surface area (Å²) in [6, 6.07) is 19.0. The topological polar surface area (TPSA) is 76.0 Å². The van der Waals surface area contributed by atoms with E-state index < -0.39 is 0 Å². The Morgan fingerprint density at radius 2 is 1.75 bits per heavy atom. The lowest BCUT2D eigenvalue weighted by Gasteiger charge is -2.10. The van der Waals surface area contributed by atoms with Crippen molar-refractivity contribution in [1.82, 2.24) is 20.4 Å². The summed E-state index contributed by atoms with van der Waals surface area (Å²) in [5.41, 5.74) is 9.62. The third kappa shape index (κ3) is 4.59. The van der Waals surface area contributed by atoms with Crippen LogP contribution < -0.4 is 10.9 Å². The van der Waals surface area contributed by atoms with Crippen molar-refractivity contribution < 1.29 is 9.59 Å². The van der Waals surface area contributed by atoms with E-state index in [2.05, 4.69) is 15.8 Å². The van der Waals surface area contributed by atoms with Crippen molar-refractivity contribution in [3.05, 3.63) is 93.7 Å². The number of hydrogen-bond donors (Lipinski definition) is 2. The quantitative estimate of drug-likeness (QED) is 0.413. The summed E-state index contributed by atoms with van der Waals surface area (Å²) in [4.78, 5) is 29.5. The molecule has 0 fully saturated rings. The van der Waals surface area contributed by atoms with Crippen LogP contribution in [0.2, 0.25) is 5.02 Å². The molecule has 0 spiro atoms. The predicted molar refractivity (Wildman–Crippen MR) is 127 cm³/mol. The summed E-state index contributed by atoms with van der Waals surface area (Å²) in [7, 11) is 0. The third-order valence-corrected chi connectivity index (χ3v) is 6.26. The number of carbonyl (C=O) groups excluding carboxylic acids is 2. The molecule has 4 aromatic rings. The Hall–Kier alpha value is -3.42. The molecule has 0 saturated carbocycles. The molecule has 0 atom stereocenters. The van der Waals surface area contributed by atoms with Gasteiger partial charge < -0.3 is 4.57 Å². The molecule has 6 nitrogen and oxygen atoms in total. The molecule has 2 amide bonds. The molecule has 162 valence electrons. The molecule has 0 saturated heterocycles. The molecule has 0 bridgehead atoms. The number of benzene rings is 2. The van der Waals surface area contributed by atoms with E-state index in [4.69, 9.17) is 11.6 Å². The first-order valence-electron chi connectivity index (χ1n) is 9.97. The van der Waals surface area contributed by atoms with Crippen molar-refractivity contribution >= 4 is 34.8 Å². The Balaban J connectivity index is 1.39. The van der Waals surface area contributed by atoms with E-state index >= 15 is 0 Å². The van der Waals surface area contributed by atoms with E-state index in [1.165, 1.54) is 11.3 Å². The molecule has 0 aliphatic carbocycles. The number of halogens is 1. The number of thiazole rings is 1. The normalized spacial score (nSPS) is 10.7. The lowest BCUT2D eigenvalue weighted by Crippen LogP contribution is -2.42. The minimum absolute atomic E-state index is 0.0459. The summed E-state index contributed by atoms with van der Waals surface area (Å²) >= 11 is 7.64. The van der Waals surface area contributed by atoms with E-state index in [1.807, 2.05) is 72.3 Å². The number of nitrogens with one attached hydrogen (secondary N) is 2. The van der Waals surface area contributed by atoms with Crippen LogP contribution in [0.3, 0.4) is 0 Å². The van der Waals surface area contributed by atoms with Gasteiger partial charge in [-0.25, -0.2) is 4.98 Å². The number of rotatable bonds is 5. The number of hydrazine groups is 1. The van der Waals surface area contributed by atoms with Gasteiger partial charge in [-0.05, 0) is 38.1 Å². The van der Waals surface area contributed by atoms with Gasteiger partial charge in [0.25, 0.3) is 5.91 Å². The Labute approximate surface area is 194 Å². The average Bonchev–Trinajstić information content (AvgIpc) is 3.36. The van der Waals surface area contributed by atoms with E-state index in [1.54, 1.807) is 12.1 Å². The number of nitrogens with zero attached hydrogens (tertiary/aromatic N) is 2. The van der Waals surface area contributed by atoms with Gasteiger partial charge in [-0.1, -0.05) is 48.0 Å². The van der Waals surface area contributed by atoms with Gasteiger partial charge in [-0.3, -0.25) is 20.4 Å². The molecule has 2 aromatic carbocycles. The molecule has 4 rings (SSSR count). The van der Waals surface area contributed by atoms with Gasteiger partial charge in [0, 0.05) is 28.0 Å². The van der Waals surface area contributed by atoms with Gasteiger partial charge in [0.1, 0.15) is 5.01 Å². The SMILES string of the molecule is Cc1cc(C(=O)NNC(=O)Cc2csc(-c3ccccc3Cl)n2)c(C)n1-c1ccccc1. The van der Waals surface area contributed by atoms with Crippen LogP contribution in [0, 0.1) is 13.8 Å². The molecule has 2 aromatic heterocycles. The van der Waals surface area contributed by atoms with Crippen molar-refractivity contribution in [1.29, 1.82) is 0 Å². The number of carbonyl (C=O) groups is 2. The third-order valence-electron chi connectivity index (χ3n) is 5.00. The van der Waals surface area contributed by atoms with Crippen LogP contribution in [0.5, 0.6) is 0 Å². The van der Waals surface area contributed by atoms with E-state index in [0.717, 1.165) is 27.6 Å². The molecule has 0 aliphatic rings. The second-order valence-electron chi connectivity index (χ2n) is 7.26. The first-order valence-corrected chi connectivity index (χ1v) is 11.2. The van der Waals surface area contributed by atoms with Crippen LogP contribution in [0.25, 0.3) is 16.3 Å². The fourth-order valence-corrected chi connectivity index (χ4v) is 4.66. The van der Waals surface area contributed by atoms with Crippen LogP contribution in [-0.2, 0) is 11.2 Å². The maximum absolute atomic E-state index is 12.7. The van der Waals surface area contributed by atoms with Crippen molar-refractivity contribution in [3.63, 3.8) is 0 Å². The van der Waals surface area contributed by atoms with Crippen LogP contribution in [0.1, 0.15) is 27.4 Å². The zero-order chi connectivity index (χ0) is 22.7. The minimum Gasteiger partial charge on any atom is -0.318 e. The predicted octanol–water partition coefficient (Wildman–Crippen LogP) is 4.87. The zero-order valence-corrected chi connectivity index (χ0v) is 19.1. The highest BCUT2D eigenvalue weighted by molar-refractivity contribution is 7.13. The second kappa shape index (κ2) is 9.38. The number of aromatic nitrogens is 2. The molecule has 0 unspecified atom stereocenters. The van der Waals surface area contributed by atoms with Gasteiger partial charge >= 0.3 is 0 Å². The largest absolute Gasteiger partial charge is 0.318 e. The highest BCUT2D eigenvalue weighted by atomic mass is 35.5. The zero-order valence-electron chi connectivity index (χ0n) is 17.6. The summed E-state index contributed by atoms with van der Waals surface area (Å²) < 4.78 is 2.00. The molecule has 2 heterocycles. The van der Waals surface area contributed by atoms with Crippen molar-refractivity contribution in [2.75, 3.05) is 0 Å². The monoisotopic (exact) mass is 464 g/mol. The Morgan fingerprint density at radius 3 is 2.50 bits per heavy atom. The molecule has 32 heavy (non-hydrogen) atoms. The van der Waals surface area contributed by atoms with Crippen molar-refractivity contribution in [2.24, 2.45) is 0 Å². The second-order valence-corrected chi connectivity index (χ2v) is 8.52. The lowest BCUT2D eigenvalue weighted by atomic mass is 10.2. The molecule has 8 heteroatoms. The first-order chi connectivity index (χ1) is 15.4. The summed E-state index contributed by atoms with van der Waals surface area (Å²) in [5, 5.41) is 3.17.